The summed E-state index contributed by atoms with van der Waals surface area (Å²) in [4.78, 5) is 16.7. The van der Waals surface area contributed by atoms with Crippen molar-refractivity contribution in [2.75, 3.05) is 26.4 Å². The molecule has 0 bridgehead atoms. The number of aromatic nitrogens is 2. The Hall–Kier alpha value is -2.57. The van der Waals surface area contributed by atoms with Crippen LogP contribution in [0, 0.1) is 0 Å². The Morgan fingerprint density at radius 2 is 1.90 bits per heavy atom. The number of ether oxygens (including phenoxy) is 2. The van der Waals surface area contributed by atoms with Crippen LogP contribution in [0.1, 0.15) is 32.0 Å². The first-order valence-electron chi connectivity index (χ1n) is 10.8. The third kappa shape index (κ3) is 7.26. The number of fused-ring (bicyclic) bond motifs is 1. The van der Waals surface area contributed by atoms with E-state index >= 15 is 0 Å². The van der Waals surface area contributed by atoms with Gasteiger partial charge in [-0.1, -0.05) is 30.2 Å². The van der Waals surface area contributed by atoms with Crippen LogP contribution in [-0.4, -0.2) is 41.8 Å². The molecule has 0 saturated heterocycles. The minimum Gasteiger partial charge on any atom is -0.484 e. The first-order valence-corrected chi connectivity index (χ1v) is 11.2. The number of hydrogen-bond donors (Lipinski definition) is 1. The molecule has 6 nitrogen and oxygen atoms in total. The largest absolute Gasteiger partial charge is 0.484 e. The molecular weight excluding hydrogens is 414 g/mol. The molecule has 3 aromatic rings. The van der Waals surface area contributed by atoms with Crippen molar-refractivity contribution in [3.05, 3.63) is 59.4 Å². The Morgan fingerprint density at radius 1 is 1.10 bits per heavy atom. The van der Waals surface area contributed by atoms with Gasteiger partial charge in [0.25, 0.3) is 5.91 Å². The van der Waals surface area contributed by atoms with E-state index in [0.29, 0.717) is 23.9 Å². The lowest BCUT2D eigenvalue weighted by molar-refractivity contribution is -0.123. The van der Waals surface area contributed by atoms with E-state index in [-0.39, 0.29) is 12.5 Å². The number of para-hydroxylation sites is 2. The Bertz CT molecular complexity index is 956. The number of benzene rings is 2. The highest BCUT2D eigenvalue weighted by Crippen LogP contribution is 2.18. The van der Waals surface area contributed by atoms with Crippen LogP contribution in [0.2, 0.25) is 5.02 Å². The van der Waals surface area contributed by atoms with E-state index in [1.165, 1.54) is 0 Å². The average molecular weight is 444 g/mol. The summed E-state index contributed by atoms with van der Waals surface area (Å²) in [7, 11) is 0. The van der Waals surface area contributed by atoms with E-state index in [2.05, 4.69) is 22.0 Å². The number of nitrogens with one attached hydrogen (secondary N) is 1. The fourth-order valence-electron chi connectivity index (χ4n) is 3.41. The molecule has 31 heavy (non-hydrogen) atoms. The summed E-state index contributed by atoms with van der Waals surface area (Å²) in [6.07, 6.45) is 3.88. The molecule has 2 aromatic carbocycles. The number of hydrogen-bond acceptors (Lipinski definition) is 4. The number of unbranched alkanes of at least 4 members (excludes halogenated alkanes) is 2. The Kier molecular flexibility index (Phi) is 9.18. The second-order valence-electron chi connectivity index (χ2n) is 7.27. The van der Waals surface area contributed by atoms with E-state index in [9.17, 15) is 4.79 Å². The molecule has 0 aliphatic heterocycles. The predicted molar refractivity (Wildman–Crippen MR) is 124 cm³/mol. The minimum absolute atomic E-state index is 0.00544. The van der Waals surface area contributed by atoms with Crippen LogP contribution >= 0.6 is 11.6 Å². The number of rotatable bonds is 13. The summed E-state index contributed by atoms with van der Waals surface area (Å²) in [6, 6.07) is 15.2. The predicted octanol–water partition coefficient (Wildman–Crippen LogP) is 4.63. The van der Waals surface area contributed by atoms with Gasteiger partial charge in [0, 0.05) is 31.1 Å². The van der Waals surface area contributed by atoms with E-state index in [1.54, 1.807) is 24.3 Å². The number of amides is 1. The zero-order chi connectivity index (χ0) is 21.9. The van der Waals surface area contributed by atoms with Crippen molar-refractivity contribution in [3.63, 3.8) is 0 Å². The molecule has 0 unspecified atom stereocenters. The topological polar surface area (TPSA) is 65.4 Å². The van der Waals surface area contributed by atoms with Gasteiger partial charge in [0.05, 0.1) is 17.6 Å². The SMILES string of the molecule is CCOCCn1c(CCCCCNC(=O)COc2ccc(Cl)cc2)nc2ccccc21. The van der Waals surface area contributed by atoms with Crippen molar-refractivity contribution in [1.29, 1.82) is 0 Å². The summed E-state index contributed by atoms with van der Waals surface area (Å²) < 4.78 is 13.3. The van der Waals surface area contributed by atoms with Gasteiger partial charge in [0.15, 0.2) is 6.61 Å². The maximum absolute atomic E-state index is 11.9. The summed E-state index contributed by atoms with van der Waals surface area (Å²) in [5.41, 5.74) is 2.19. The zero-order valence-corrected chi connectivity index (χ0v) is 18.7. The van der Waals surface area contributed by atoms with E-state index in [4.69, 9.17) is 26.1 Å². The van der Waals surface area contributed by atoms with Gasteiger partial charge in [-0.3, -0.25) is 4.79 Å². The molecular formula is C24H30ClN3O3. The number of nitrogens with zero attached hydrogens (tertiary/aromatic N) is 2. The zero-order valence-electron chi connectivity index (χ0n) is 18.0. The number of halogens is 1. The fourth-order valence-corrected chi connectivity index (χ4v) is 3.54. The highest BCUT2D eigenvalue weighted by atomic mass is 35.5. The monoisotopic (exact) mass is 443 g/mol. The second-order valence-corrected chi connectivity index (χ2v) is 7.70. The van der Waals surface area contributed by atoms with Gasteiger partial charge in [-0.2, -0.15) is 0 Å². The molecule has 0 saturated carbocycles. The van der Waals surface area contributed by atoms with Crippen LogP contribution in [0.3, 0.4) is 0 Å². The van der Waals surface area contributed by atoms with Crippen LogP contribution in [0.4, 0.5) is 0 Å². The summed E-state index contributed by atoms with van der Waals surface area (Å²) in [5, 5.41) is 3.54. The molecule has 0 radical (unpaired) electrons. The molecule has 1 heterocycles. The van der Waals surface area contributed by atoms with Crippen LogP contribution < -0.4 is 10.1 Å². The Balaban J connectivity index is 1.36. The minimum atomic E-state index is -0.118. The third-order valence-electron chi connectivity index (χ3n) is 4.98. The molecule has 166 valence electrons. The summed E-state index contributed by atoms with van der Waals surface area (Å²) in [5.74, 6) is 1.61. The van der Waals surface area contributed by atoms with Crippen molar-refractivity contribution < 1.29 is 14.3 Å². The van der Waals surface area contributed by atoms with Gasteiger partial charge in [-0.15, -0.1) is 0 Å². The quantitative estimate of drug-likeness (QED) is 0.391. The molecule has 1 amide bonds. The van der Waals surface area contributed by atoms with Crippen molar-refractivity contribution >= 4 is 28.5 Å². The highest BCUT2D eigenvalue weighted by Gasteiger charge is 2.10. The van der Waals surface area contributed by atoms with E-state index < -0.39 is 0 Å². The lowest BCUT2D eigenvalue weighted by atomic mass is 10.2. The smallest absolute Gasteiger partial charge is 0.257 e. The van der Waals surface area contributed by atoms with Crippen molar-refractivity contribution in [2.45, 2.75) is 39.2 Å². The highest BCUT2D eigenvalue weighted by molar-refractivity contribution is 6.30. The molecule has 0 aliphatic carbocycles. The standard InChI is InChI=1S/C24H30ClN3O3/c1-2-30-17-16-28-22-9-6-5-8-21(22)27-23(28)10-4-3-7-15-26-24(29)18-31-20-13-11-19(25)12-14-20/h5-6,8-9,11-14H,2-4,7,10,15-18H2,1H3,(H,26,29). The molecule has 1 aromatic heterocycles. The molecule has 3 rings (SSSR count). The maximum atomic E-state index is 11.9. The average Bonchev–Trinajstić information content (AvgIpc) is 3.13. The first kappa shape index (κ1) is 23.1. The summed E-state index contributed by atoms with van der Waals surface area (Å²) >= 11 is 5.84. The Morgan fingerprint density at radius 3 is 2.71 bits per heavy atom. The number of imidazole rings is 1. The molecule has 0 fully saturated rings. The summed E-state index contributed by atoms with van der Waals surface area (Å²) in [6.45, 7) is 4.88. The van der Waals surface area contributed by atoms with E-state index in [1.807, 2.05) is 19.1 Å². The van der Waals surface area contributed by atoms with Crippen molar-refractivity contribution in [2.24, 2.45) is 0 Å². The van der Waals surface area contributed by atoms with Crippen molar-refractivity contribution in [1.82, 2.24) is 14.9 Å². The molecule has 0 aliphatic rings. The first-order chi connectivity index (χ1) is 15.2. The molecule has 7 heteroatoms. The van der Waals surface area contributed by atoms with Crippen LogP contribution in [0.25, 0.3) is 11.0 Å². The van der Waals surface area contributed by atoms with Crippen molar-refractivity contribution in [3.8, 4) is 5.75 Å². The molecule has 0 spiro atoms. The number of aryl methyl sites for hydroxylation is 1. The fraction of sp³-hybridized carbons (Fsp3) is 0.417. The lowest BCUT2D eigenvalue weighted by Crippen LogP contribution is -2.29. The van der Waals surface area contributed by atoms with Gasteiger partial charge >= 0.3 is 0 Å². The van der Waals surface area contributed by atoms with Crippen LogP contribution in [0.15, 0.2) is 48.5 Å². The number of carbonyl (C=O) groups excluding carboxylic acids is 1. The Labute approximate surface area is 188 Å². The molecule has 1 N–H and O–H groups in total. The van der Waals surface area contributed by atoms with Gasteiger partial charge in [-0.05, 0) is 56.2 Å². The maximum Gasteiger partial charge on any atom is 0.257 e. The van der Waals surface area contributed by atoms with Gasteiger partial charge in [0.2, 0.25) is 0 Å². The van der Waals surface area contributed by atoms with Gasteiger partial charge in [0.1, 0.15) is 11.6 Å². The van der Waals surface area contributed by atoms with Crippen LogP contribution in [-0.2, 0) is 22.5 Å². The third-order valence-corrected chi connectivity index (χ3v) is 5.23. The second kappa shape index (κ2) is 12.3. The number of carbonyl (C=O) groups is 1. The normalized spacial score (nSPS) is 11.0. The lowest BCUT2D eigenvalue weighted by Gasteiger charge is -2.10. The molecule has 0 atom stereocenters. The van der Waals surface area contributed by atoms with E-state index in [0.717, 1.165) is 55.7 Å². The van der Waals surface area contributed by atoms with Crippen LogP contribution in [0.5, 0.6) is 5.75 Å². The van der Waals surface area contributed by atoms with Gasteiger partial charge in [-0.25, -0.2) is 4.98 Å². The van der Waals surface area contributed by atoms with Gasteiger partial charge < -0.3 is 19.4 Å².